The number of hydrogen-bond donors (Lipinski definition) is 0. The number of rotatable bonds is 4. The zero-order valence-corrected chi connectivity index (χ0v) is 9.75. The van der Waals surface area contributed by atoms with Gasteiger partial charge in [-0.3, -0.25) is 9.69 Å². The van der Waals surface area contributed by atoms with Gasteiger partial charge in [0.1, 0.15) is 5.78 Å². The molecule has 0 aromatic rings. The number of carbonyl (C=O) groups excluding carboxylic acids is 1. The molecule has 0 spiro atoms. The summed E-state index contributed by atoms with van der Waals surface area (Å²) in [6, 6.07) is 0.452. The fourth-order valence-corrected chi connectivity index (χ4v) is 2.15. The predicted molar refractivity (Wildman–Crippen MR) is 59.3 cm³/mol. The molecule has 0 bridgehead atoms. The molecule has 2 nitrogen and oxygen atoms in total. The van der Waals surface area contributed by atoms with Gasteiger partial charge in [0.2, 0.25) is 0 Å². The molecule has 1 rings (SSSR count). The lowest BCUT2D eigenvalue weighted by Gasteiger charge is -2.36. The normalized spacial score (nSPS) is 29.5. The maximum atomic E-state index is 11.5. The third-order valence-corrected chi connectivity index (χ3v) is 3.50. The van der Waals surface area contributed by atoms with Crippen LogP contribution in [0, 0.1) is 5.92 Å². The van der Waals surface area contributed by atoms with Gasteiger partial charge in [-0.1, -0.05) is 26.7 Å². The minimum absolute atomic E-state index is 0.241. The third-order valence-electron chi connectivity index (χ3n) is 3.50. The largest absolute Gasteiger partial charge is 0.300 e. The molecular weight excluding hydrogens is 174 g/mol. The maximum Gasteiger partial charge on any atom is 0.138 e. The monoisotopic (exact) mass is 197 g/mol. The topological polar surface area (TPSA) is 20.3 Å². The van der Waals surface area contributed by atoms with Gasteiger partial charge in [0.05, 0.1) is 0 Å². The number of piperidine rings is 1. The average Bonchev–Trinajstić information content (AvgIpc) is 2.18. The molecular formula is C12H23NO. The van der Waals surface area contributed by atoms with Gasteiger partial charge in [0.15, 0.2) is 0 Å². The van der Waals surface area contributed by atoms with Crippen molar-refractivity contribution in [2.24, 2.45) is 5.92 Å². The molecule has 82 valence electrons. The lowest BCUT2D eigenvalue weighted by Crippen LogP contribution is -2.47. The van der Waals surface area contributed by atoms with Gasteiger partial charge < -0.3 is 0 Å². The molecule has 1 heterocycles. The van der Waals surface area contributed by atoms with Crippen molar-refractivity contribution < 1.29 is 4.79 Å². The smallest absolute Gasteiger partial charge is 0.138 e. The first kappa shape index (κ1) is 11.7. The highest BCUT2D eigenvalue weighted by molar-refractivity contribution is 5.82. The van der Waals surface area contributed by atoms with E-state index in [1.54, 1.807) is 0 Å². The first-order chi connectivity index (χ1) is 6.66. The van der Waals surface area contributed by atoms with Crippen LogP contribution in [0.15, 0.2) is 0 Å². The first-order valence-electron chi connectivity index (χ1n) is 5.93. The molecule has 0 amide bonds. The van der Waals surface area contributed by atoms with E-state index < -0.39 is 0 Å². The van der Waals surface area contributed by atoms with Gasteiger partial charge in [0, 0.05) is 24.9 Å². The second-order valence-electron chi connectivity index (χ2n) is 4.49. The Balaban J connectivity index is 2.35. The molecule has 2 unspecified atom stereocenters. The lowest BCUT2D eigenvalue weighted by atomic mass is 9.90. The molecule has 0 aromatic carbocycles. The highest BCUT2D eigenvalue weighted by atomic mass is 16.1. The van der Waals surface area contributed by atoms with E-state index in [4.69, 9.17) is 0 Å². The first-order valence-corrected chi connectivity index (χ1v) is 5.93. The van der Waals surface area contributed by atoms with E-state index >= 15 is 0 Å². The highest BCUT2D eigenvalue weighted by Crippen LogP contribution is 2.20. The Kier molecular flexibility index (Phi) is 4.59. The molecule has 0 aliphatic carbocycles. The summed E-state index contributed by atoms with van der Waals surface area (Å²) in [5.74, 6) is 0.689. The van der Waals surface area contributed by atoms with Crippen molar-refractivity contribution in [2.75, 3.05) is 13.1 Å². The van der Waals surface area contributed by atoms with Gasteiger partial charge >= 0.3 is 0 Å². The van der Waals surface area contributed by atoms with Gasteiger partial charge in [-0.25, -0.2) is 0 Å². The van der Waals surface area contributed by atoms with Crippen molar-refractivity contribution in [3.8, 4) is 0 Å². The maximum absolute atomic E-state index is 11.5. The summed E-state index contributed by atoms with van der Waals surface area (Å²) in [6.45, 7) is 8.64. The van der Waals surface area contributed by atoms with Crippen LogP contribution in [0.3, 0.4) is 0 Å². The molecule has 1 fully saturated rings. The van der Waals surface area contributed by atoms with E-state index in [0.29, 0.717) is 11.8 Å². The van der Waals surface area contributed by atoms with Gasteiger partial charge in [-0.15, -0.1) is 0 Å². The molecule has 1 aliphatic rings. The van der Waals surface area contributed by atoms with Crippen molar-refractivity contribution in [3.05, 3.63) is 0 Å². The molecule has 0 saturated carbocycles. The van der Waals surface area contributed by atoms with Crippen molar-refractivity contribution in [1.29, 1.82) is 0 Å². The quantitative estimate of drug-likeness (QED) is 0.645. The van der Waals surface area contributed by atoms with Crippen LogP contribution in [0.4, 0.5) is 0 Å². The molecule has 1 aliphatic heterocycles. The Morgan fingerprint density at radius 2 is 2.07 bits per heavy atom. The fraction of sp³-hybridized carbons (Fsp3) is 0.917. The van der Waals surface area contributed by atoms with Gasteiger partial charge in [0.25, 0.3) is 0 Å². The van der Waals surface area contributed by atoms with Crippen LogP contribution in [0.2, 0.25) is 0 Å². The Labute approximate surface area is 87.7 Å². The minimum Gasteiger partial charge on any atom is -0.300 e. The van der Waals surface area contributed by atoms with E-state index in [1.165, 1.54) is 25.8 Å². The van der Waals surface area contributed by atoms with Crippen LogP contribution in [0.5, 0.6) is 0 Å². The molecule has 1 saturated heterocycles. The predicted octanol–water partition coefficient (Wildman–Crippen LogP) is 2.48. The van der Waals surface area contributed by atoms with Crippen LogP contribution < -0.4 is 0 Å². The third kappa shape index (κ3) is 2.81. The standard InChI is InChI=1S/C12H23NO/c1-4-5-6-8-13-9-7-12(14)10(2)11(13)3/h10-11H,4-9H2,1-3H3. The summed E-state index contributed by atoms with van der Waals surface area (Å²) in [7, 11) is 0. The number of hydrogen-bond acceptors (Lipinski definition) is 2. The number of carbonyl (C=O) groups is 1. The van der Waals surface area contributed by atoms with Crippen molar-refractivity contribution in [3.63, 3.8) is 0 Å². The van der Waals surface area contributed by atoms with Gasteiger partial charge in [-0.2, -0.15) is 0 Å². The number of nitrogens with zero attached hydrogens (tertiary/aromatic N) is 1. The van der Waals surface area contributed by atoms with Crippen molar-refractivity contribution in [2.45, 2.75) is 52.5 Å². The number of Topliss-reactive ketones (excluding diaryl/α,β-unsaturated/α-hetero) is 1. The Morgan fingerprint density at radius 1 is 1.36 bits per heavy atom. The van der Waals surface area contributed by atoms with Crippen molar-refractivity contribution >= 4 is 5.78 Å². The summed E-state index contributed by atoms with van der Waals surface area (Å²) < 4.78 is 0. The summed E-state index contributed by atoms with van der Waals surface area (Å²) in [4.78, 5) is 13.9. The van der Waals surface area contributed by atoms with Gasteiger partial charge in [-0.05, 0) is 19.9 Å². The lowest BCUT2D eigenvalue weighted by molar-refractivity contribution is -0.127. The number of ketones is 1. The Hall–Kier alpha value is -0.370. The second-order valence-corrected chi connectivity index (χ2v) is 4.49. The van der Waals surface area contributed by atoms with Crippen LogP contribution in [0.25, 0.3) is 0 Å². The molecule has 2 atom stereocenters. The number of likely N-dealkylation sites (tertiary alicyclic amines) is 1. The summed E-state index contributed by atoms with van der Waals surface area (Å²) >= 11 is 0. The van der Waals surface area contributed by atoms with Crippen LogP contribution >= 0.6 is 0 Å². The van der Waals surface area contributed by atoms with Crippen LogP contribution in [-0.4, -0.2) is 29.8 Å². The Morgan fingerprint density at radius 3 is 2.71 bits per heavy atom. The van der Waals surface area contributed by atoms with Crippen LogP contribution in [0.1, 0.15) is 46.5 Å². The summed E-state index contributed by atoms with van der Waals surface area (Å²) in [5, 5.41) is 0. The van der Waals surface area contributed by atoms with E-state index in [0.717, 1.165) is 13.0 Å². The molecule has 14 heavy (non-hydrogen) atoms. The van der Waals surface area contributed by atoms with E-state index in [2.05, 4.69) is 25.7 Å². The van der Waals surface area contributed by atoms with Crippen LogP contribution in [-0.2, 0) is 4.79 Å². The average molecular weight is 197 g/mol. The SMILES string of the molecule is CCCCCN1CCC(=O)C(C)C1C. The molecule has 0 radical (unpaired) electrons. The minimum atomic E-state index is 0.241. The summed E-state index contributed by atoms with van der Waals surface area (Å²) in [5.41, 5.74) is 0. The zero-order valence-electron chi connectivity index (χ0n) is 9.75. The molecule has 0 aromatic heterocycles. The van der Waals surface area contributed by atoms with Crippen molar-refractivity contribution in [1.82, 2.24) is 4.90 Å². The van der Waals surface area contributed by atoms with E-state index in [-0.39, 0.29) is 5.92 Å². The molecule has 0 N–H and O–H groups in total. The highest BCUT2D eigenvalue weighted by Gasteiger charge is 2.29. The Bertz CT molecular complexity index is 191. The zero-order chi connectivity index (χ0) is 10.6. The van der Waals surface area contributed by atoms with E-state index in [1.807, 2.05) is 0 Å². The number of unbranched alkanes of at least 4 members (excludes halogenated alkanes) is 2. The summed E-state index contributed by atoms with van der Waals surface area (Å²) in [6.07, 6.45) is 4.63. The molecule has 2 heteroatoms. The fourth-order valence-electron chi connectivity index (χ4n) is 2.15. The van der Waals surface area contributed by atoms with E-state index in [9.17, 15) is 4.79 Å². The second kappa shape index (κ2) is 5.50.